The predicted octanol–water partition coefficient (Wildman–Crippen LogP) is 0.752. The average Bonchev–Trinajstić information content (AvgIpc) is 2.37. The van der Waals surface area contributed by atoms with E-state index in [9.17, 15) is 0 Å². The van der Waals surface area contributed by atoms with Gasteiger partial charge in [0.05, 0.1) is 12.0 Å². The summed E-state index contributed by atoms with van der Waals surface area (Å²) in [5.74, 6) is 0. The van der Waals surface area contributed by atoms with E-state index >= 15 is 0 Å². The second-order valence-corrected chi connectivity index (χ2v) is 2.31. The third-order valence-corrected chi connectivity index (χ3v) is 1.38. The molecule has 3 heteroatoms. The SMILES string of the molecule is CCCn1cnc(CN)c1. The van der Waals surface area contributed by atoms with Crippen LogP contribution < -0.4 is 5.73 Å². The molecular formula is C7H13N3. The van der Waals surface area contributed by atoms with Gasteiger partial charge >= 0.3 is 0 Å². The van der Waals surface area contributed by atoms with Crippen molar-refractivity contribution in [1.82, 2.24) is 9.55 Å². The molecule has 2 N–H and O–H groups in total. The van der Waals surface area contributed by atoms with Gasteiger partial charge in [0, 0.05) is 19.3 Å². The van der Waals surface area contributed by atoms with Gasteiger partial charge in [0.15, 0.2) is 0 Å². The fraction of sp³-hybridized carbons (Fsp3) is 0.571. The molecule has 0 aliphatic carbocycles. The highest BCUT2D eigenvalue weighted by Crippen LogP contribution is 1.95. The van der Waals surface area contributed by atoms with E-state index in [-0.39, 0.29) is 0 Å². The summed E-state index contributed by atoms with van der Waals surface area (Å²) < 4.78 is 2.06. The summed E-state index contributed by atoms with van der Waals surface area (Å²) in [6, 6.07) is 0. The fourth-order valence-electron chi connectivity index (χ4n) is 0.892. The molecule has 0 aliphatic heterocycles. The van der Waals surface area contributed by atoms with E-state index in [2.05, 4.69) is 16.5 Å². The van der Waals surface area contributed by atoms with Gasteiger partial charge in [-0.05, 0) is 6.42 Å². The number of aryl methyl sites for hydroxylation is 1. The van der Waals surface area contributed by atoms with Crippen molar-refractivity contribution in [1.29, 1.82) is 0 Å². The Morgan fingerprint density at radius 2 is 2.50 bits per heavy atom. The van der Waals surface area contributed by atoms with E-state index in [1.54, 1.807) is 0 Å². The van der Waals surface area contributed by atoms with E-state index in [0.717, 1.165) is 18.7 Å². The second-order valence-electron chi connectivity index (χ2n) is 2.31. The van der Waals surface area contributed by atoms with E-state index < -0.39 is 0 Å². The summed E-state index contributed by atoms with van der Waals surface area (Å²) in [5.41, 5.74) is 6.35. The number of hydrogen-bond donors (Lipinski definition) is 1. The van der Waals surface area contributed by atoms with Gasteiger partial charge in [-0.3, -0.25) is 0 Å². The molecule has 0 amide bonds. The summed E-state index contributed by atoms with van der Waals surface area (Å²) >= 11 is 0. The van der Waals surface area contributed by atoms with E-state index in [1.165, 1.54) is 0 Å². The second kappa shape index (κ2) is 3.37. The van der Waals surface area contributed by atoms with Gasteiger partial charge < -0.3 is 10.3 Å². The van der Waals surface area contributed by atoms with Crippen LogP contribution in [0.5, 0.6) is 0 Å². The maximum absolute atomic E-state index is 5.38. The number of imidazole rings is 1. The Hall–Kier alpha value is -0.830. The van der Waals surface area contributed by atoms with Gasteiger partial charge in [-0.2, -0.15) is 0 Å². The average molecular weight is 139 g/mol. The van der Waals surface area contributed by atoms with Crippen LogP contribution in [0.4, 0.5) is 0 Å². The molecule has 1 aromatic heterocycles. The Balaban J connectivity index is 2.59. The highest BCUT2D eigenvalue weighted by molar-refractivity contribution is 4.94. The van der Waals surface area contributed by atoms with Crippen LogP contribution in [-0.2, 0) is 13.1 Å². The Labute approximate surface area is 60.9 Å². The lowest BCUT2D eigenvalue weighted by molar-refractivity contribution is 0.677. The molecule has 0 spiro atoms. The highest BCUT2D eigenvalue weighted by Gasteiger charge is 1.92. The maximum Gasteiger partial charge on any atom is 0.0949 e. The topological polar surface area (TPSA) is 43.8 Å². The molecule has 0 radical (unpaired) electrons. The molecule has 56 valence electrons. The van der Waals surface area contributed by atoms with Crippen LogP contribution >= 0.6 is 0 Å². The normalized spacial score (nSPS) is 10.2. The van der Waals surface area contributed by atoms with Crippen LogP contribution in [-0.4, -0.2) is 9.55 Å². The number of rotatable bonds is 3. The van der Waals surface area contributed by atoms with Crippen LogP contribution in [0.15, 0.2) is 12.5 Å². The van der Waals surface area contributed by atoms with E-state index in [0.29, 0.717) is 6.54 Å². The molecule has 0 atom stereocenters. The zero-order chi connectivity index (χ0) is 7.40. The van der Waals surface area contributed by atoms with Crippen molar-refractivity contribution in [3.8, 4) is 0 Å². The Kier molecular flexibility index (Phi) is 2.45. The van der Waals surface area contributed by atoms with Crippen LogP contribution in [0.2, 0.25) is 0 Å². The first-order chi connectivity index (χ1) is 4.86. The quantitative estimate of drug-likeness (QED) is 0.671. The van der Waals surface area contributed by atoms with Gasteiger partial charge in [-0.15, -0.1) is 0 Å². The maximum atomic E-state index is 5.38. The standard InChI is InChI=1S/C7H13N3/c1-2-3-10-5-7(4-8)9-6-10/h5-6H,2-4,8H2,1H3. The number of nitrogens with zero attached hydrogens (tertiary/aromatic N) is 2. The molecule has 3 nitrogen and oxygen atoms in total. The van der Waals surface area contributed by atoms with Crippen molar-refractivity contribution in [2.45, 2.75) is 26.4 Å². The molecule has 0 saturated carbocycles. The monoisotopic (exact) mass is 139 g/mol. The number of aromatic nitrogens is 2. The van der Waals surface area contributed by atoms with Crippen molar-refractivity contribution in [3.05, 3.63) is 18.2 Å². The molecule has 0 aliphatic rings. The fourth-order valence-corrected chi connectivity index (χ4v) is 0.892. The van der Waals surface area contributed by atoms with Crippen LogP contribution in [0.1, 0.15) is 19.0 Å². The first-order valence-corrected chi connectivity index (χ1v) is 3.57. The molecule has 10 heavy (non-hydrogen) atoms. The van der Waals surface area contributed by atoms with Gasteiger partial charge in [-0.25, -0.2) is 4.98 Å². The smallest absolute Gasteiger partial charge is 0.0949 e. The molecule has 0 bridgehead atoms. The van der Waals surface area contributed by atoms with Crippen molar-refractivity contribution in [2.75, 3.05) is 0 Å². The molecule has 0 saturated heterocycles. The lowest BCUT2D eigenvalue weighted by Gasteiger charge is -1.94. The lowest BCUT2D eigenvalue weighted by atomic mass is 10.4. The van der Waals surface area contributed by atoms with Gasteiger partial charge in [0.25, 0.3) is 0 Å². The van der Waals surface area contributed by atoms with Crippen molar-refractivity contribution in [2.24, 2.45) is 5.73 Å². The lowest BCUT2D eigenvalue weighted by Crippen LogP contribution is -1.96. The summed E-state index contributed by atoms with van der Waals surface area (Å²) in [6.07, 6.45) is 4.95. The Morgan fingerprint density at radius 3 is 3.00 bits per heavy atom. The summed E-state index contributed by atoms with van der Waals surface area (Å²) in [6.45, 7) is 3.71. The predicted molar refractivity (Wildman–Crippen MR) is 40.4 cm³/mol. The minimum atomic E-state index is 0.538. The van der Waals surface area contributed by atoms with Crippen LogP contribution in [0.25, 0.3) is 0 Å². The van der Waals surface area contributed by atoms with Crippen molar-refractivity contribution in [3.63, 3.8) is 0 Å². The molecular weight excluding hydrogens is 126 g/mol. The third kappa shape index (κ3) is 1.57. The minimum absolute atomic E-state index is 0.538. The Bertz CT molecular complexity index is 192. The number of hydrogen-bond acceptors (Lipinski definition) is 2. The summed E-state index contributed by atoms with van der Waals surface area (Å²) in [7, 11) is 0. The first-order valence-electron chi connectivity index (χ1n) is 3.57. The minimum Gasteiger partial charge on any atom is -0.337 e. The van der Waals surface area contributed by atoms with Crippen molar-refractivity contribution < 1.29 is 0 Å². The van der Waals surface area contributed by atoms with E-state index in [4.69, 9.17) is 5.73 Å². The molecule has 1 aromatic rings. The Morgan fingerprint density at radius 1 is 1.70 bits per heavy atom. The molecule has 0 unspecified atom stereocenters. The van der Waals surface area contributed by atoms with Gasteiger partial charge in [0.2, 0.25) is 0 Å². The van der Waals surface area contributed by atoms with Crippen LogP contribution in [0.3, 0.4) is 0 Å². The number of nitrogens with two attached hydrogens (primary N) is 1. The summed E-state index contributed by atoms with van der Waals surface area (Å²) in [4.78, 5) is 4.09. The zero-order valence-corrected chi connectivity index (χ0v) is 6.25. The molecule has 1 rings (SSSR count). The highest BCUT2D eigenvalue weighted by atomic mass is 15.0. The van der Waals surface area contributed by atoms with Gasteiger partial charge in [0.1, 0.15) is 0 Å². The third-order valence-electron chi connectivity index (χ3n) is 1.38. The summed E-state index contributed by atoms with van der Waals surface area (Å²) in [5, 5.41) is 0. The molecule has 0 fully saturated rings. The molecule has 1 heterocycles. The van der Waals surface area contributed by atoms with Crippen molar-refractivity contribution >= 4 is 0 Å². The molecule has 0 aromatic carbocycles. The largest absolute Gasteiger partial charge is 0.337 e. The van der Waals surface area contributed by atoms with Gasteiger partial charge in [-0.1, -0.05) is 6.92 Å². The van der Waals surface area contributed by atoms with E-state index in [1.807, 2.05) is 12.5 Å². The zero-order valence-electron chi connectivity index (χ0n) is 6.25. The first kappa shape index (κ1) is 7.28. The van der Waals surface area contributed by atoms with Crippen LogP contribution in [0, 0.1) is 0 Å².